The van der Waals surface area contributed by atoms with Gasteiger partial charge in [-0.2, -0.15) is 0 Å². The maximum atomic E-state index is 12.3. The summed E-state index contributed by atoms with van der Waals surface area (Å²) in [6, 6.07) is 15.0. The number of hydrogen-bond acceptors (Lipinski definition) is 5. The van der Waals surface area contributed by atoms with E-state index in [1.807, 2.05) is 18.0 Å². The summed E-state index contributed by atoms with van der Waals surface area (Å²) >= 11 is 0. The highest BCUT2D eigenvalue weighted by atomic mass is 16.5. The van der Waals surface area contributed by atoms with Gasteiger partial charge in [0, 0.05) is 18.8 Å². The molecular formula is C26H35NO4. The lowest BCUT2D eigenvalue weighted by atomic mass is 10.1. The Hall–Kier alpha value is -2.50. The Morgan fingerprint density at radius 3 is 2.42 bits per heavy atom. The highest BCUT2D eigenvalue weighted by molar-refractivity contribution is 5.99. The van der Waals surface area contributed by atoms with Gasteiger partial charge in [0.25, 0.3) is 0 Å². The summed E-state index contributed by atoms with van der Waals surface area (Å²) in [5.41, 5.74) is 1.99. The number of hydrogen-bond donors (Lipinski definition) is 1. The first-order valence-corrected chi connectivity index (χ1v) is 11.2. The van der Waals surface area contributed by atoms with Gasteiger partial charge in [-0.05, 0) is 69.5 Å². The highest BCUT2D eigenvalue weighted by Crippen LogP contribution is 2.17. The minimum absolute atomic E-state index is 0.0498. The van der Waals surface area contributed by atoms with Crippen LogP contribution < -0.4 is 0 Å². The first kappa shape index (κ1) is 24.8. The lowest BCUT2D eigenvalue weighted by Gasteiger charge is -2.15. The predicted octanol–water partition coefficient (Wildman–Crippen LogP) is 4.92. The molecule has 0 atom stereocenters. The van der Waals surface area contributed by atoms with Gasteiger partial charge in [0.15, 0.2) is 12.1 Å². The van der Waals surface area contributed by atoms with Crippen LogP contribution in [-0.2, 0) is 11.2 Å². The molecule has 168 valence electrons. The third kappa shape index (κ3) is 9.90. The Balaban J connectivity index is 1.45. The van der Waals surface area contributed by atoms with E-state index >= 15 is 0 Å². The van der Waals surface area contributed by atoms with Crippen molar-refractivity contribution in [1.82, 2.24) is 4.90 Å². The van der Waals surface area contributed by atoms with Crippen molar-refractivity contribution in [1.29, 1.82) is 0 Å². The van der Waals surface area contributed by atoms with Crippen LogP contribution in [0.1, 0.15) is 64.8 Å². The maximum Gasteiger partial charge on any atom is 0.176 e. The normalized spacial score (nSPS) is 11.0. The molecule has 0 heterocycles. The molecule has 0 radical (unpaired) electrons. The summed E-state index contributed by atoms with van der Waals surface area (Å²) < 4.78 is 5.73. The molecule has 0 saturated heterocycles. The minimum Gasteiger partial charge on any atom is -0.507 e. The zero-order chi connectivity index (χ0) is 22.3. The van der Waals surface area contributed by atoms with Crippen LogP contribution in [0.3, 0.4) is 0 Å². The van der Waals surface area contributed by atoms with E-state index in [0.717, 1.165) is 64.7 Å². The van der Waals surface area contributed by atoms with Crippen molar-refractivity contribution < 1.29 is 19.4 Å². The van der Waals surface area contributed by atoms with Gasteiger partial charge in [0.1, 0.15) is 5.75 Å². The monoisotopic (exact) mass is 425 g/mol. The average Bonchev–Trinajstić information content (AvgIpc) is 2.78. The fourth-order valence-electron chi connectivity index (χ4n) is 3.46. The van der Waals surface area contributed by atoms with E-state index < -0.39 is 0 Å². The van der Waals surface area contributed by atoms with Gasteiger partial charge in [0.05, 0.1) is 12.1 Å². The lowest BCUT2D eigenvalue weighted by Crippen LogP contribution is -2.27. The van der Waals surface area contributed by atoms with Crippen LogP contribution in [0.5, 0.6) is 5.75 Å². The Kier molecular flexibility index (Phi) is 11.6. The van der Waals surface area contributed by atoms with Crippen LogP contribution in [0.2, 0.25) is 0 Å². The van der Waals surface area contributed by atoms with E-state index in [1.54, 1.807) is 6.07 Å². The number of Topliss-reactive ketones (excluding diaryl/α,β-unsaturated/α-hetero) is 1. The van der Waals surface area contributed by atoms with Gasteiger partial charge < -0.3 is 9.84 Å². The number of rotatable bonds is 16. The molecule has 0 bridgehead atoms. The van der Waals surface area contributed by atoms with Crippen LogP contribution in [-0.4, -0.2) is 55.4 Å². The molecule has 0 aliphatic rings. The van der Waals surface area contributed by atoms with Crippen molar-refractivity contribution in [3.63, 3.8) is 0 Å². The van der Waals surface area contributed by atoms with E-state index in [0.29, 0.717) is 18.4 Å². The standard InChI is InChI=1S/C26H35NO4/c1-27(20-26(30)23-14-15-25(29)24(19-23)21-28)16-8-2-3-9-17-31-18-10-7-13-22-11-5-4-6-12-22/h4-6,11-12,14-15,19,21,29H,2-3,7-10,13,16-18,20H2,1H3. The molecule has 0 spiro atoms. The summed E-state index contributed by atoms with van der Waals surface area (Å²) in [5, 5.41) is 9.54. The third-order valence-electron chi connectivity index (χ3n) is 5.32. The summed E-state index contributed by atoms with van der Waals surface area (Å²) in [5.74, 6) is -0.151. The number of nitrogens with zero attached hydrogens (tertiary/aromatic N) is 1. The number of carbonyl (C=O) groups excluding carboxylic acids is 2. The van der Waals surface area contributed by atoms with Crippen molar-refractivity contribution in [3.8, 4) is 5.75 Å². The van der Waals surface area contributed by atoms with Crippen LogP contribution in [0.4, 0.5) is 0 Å². The molecule has 0 aliphatic heterocycles. The summed E-state index contributed by atoms with van der Waals surface area (Å²) in [7, 11) is 1.93. The molecule has 5 nitrogen and oxygen atoms in total. The molecule has 0 fully saturated rings. The summed E-state index contributed by atoms with van der Waals surface area (Å²) in [4.78, 5) is 25.2. The molecule has 31 heavy (non-hydrogen) atoms. The van der Waals surface area contributed by atoms with Crippen molar-refractivity contribution in [3.05, 3.63) is 65.2 Å². The number of aryl methyl sites for hydroxylation is 1. The number of phenolic OH excluding ortho intramolecular Hbond substituents is 1. The summed E-state index contributed by atoms with van der Waals surface area (Å²) in [6.07, 6.45) is 8.30. The van der Waals surface area contributed by atoms with Crippen LogP contribution in [0.15, 0.2) is 48.5 Å². The van der Waals surface area contributed by atoms with Gasteiger partial charge in [-0.25, -0.2) is 0 Å². The molecule has 0 aliphatic carbocycles. The van der Waals surface area contributed by atoms with E-state index in [4.69, 9.17) is 4.74 Å². The second kappa shape index (κ2) is 14.5. The predicted molar refractivity (Wildman–Crippen MR) is 124 cm³/mol. The number of ether oxygens (including phenoxy) is 1. The van der Waals surface area contributed by atoms with Crippen molar-refractivity contribution in [2.24, 2.45) is 0 Å². The summed E-state index contributed by atoms with van der Waals surface area (Å²) in [6.45, 7) is 2.81. The van der Waals surface area contributed by atoms with Gasteiger partial charge >= 0.3 is 0 Å². The number of carbonyl (C=O) groups is 2. The van der Waals surface area contributed by atoms with Crippen molar-refractivity contribution >= 4 is 12.1 Å². The number of benzene rings is 2. The van der Waals surface area contributed by atoms with E-state index in [1.165, 1.54) is 17.7 Å². The quantitative estimate of drug-likeness (QED) is 0.235. The fraction of sp³-hybridized carbons (Fsp3) is 0.462. The fourth-order valence-corrected chi connectivity index (χ4v) is 3.46. The van der Waals surface area contributed by atoms with Gasteiger partial charge in [-0.15, -0.1) is 0 Å². The number of ketones is 1. The van der Waals surface area contributed by atoms with Gasteiger partial charge in [-0.1, -0.05) is 43.2 Å². The van der Waals surface area contributed by atoms with Gasteiger partial charge in [0.2, 0.25) is 0 Å². The molecule has 0 unspecified atom stereocenters. The van der Waals surface area contributed by atoms with Crippen LogP contribution in [0.25, 0.3) is 0 Å². The second-order valence-electron chi connectivity index (χ2n) is 8.02. The van der Waals surface area contributed by atoms with Gasteiger partial charge in [-0.3, -0.25) is 14.5 Å². The minimum atomic E-state index is -0.101. The molecular weight excluding hydrogens is 390 g/mol. The topological polar surface area (TPSA) is 66.8 Å². The zero-order valence-corrected chi connectivity index (χ0v) is 18.6. The molecule has 0 saturated carbocycles. The molecule has 0 amide bonds. The van der Waals surface area contributed by atoms with E-state index in [2.05, 4.69) is 24.3 Å². The van der Waals surface area contributed by atoms with E-state index in [9.17, 15) is 14.7 Å². The number of aromatic hydroxyl groups is 1. The first-order valence-electron chi connectivity index (χ1n) is 11.2. The smallest absolute Gasteiger partial charge is 0.176 e. The molecule has 2 aromatic carbocycles. The number of aldehydes is 1. The van der Waals surface area contributed by atoms with Crippen molar-refractivity contribution in [2.75, 3.05) is 33.4 Å². The highest BCUT2D eigenvalue weighted by Gasteiger charge is 2.11. The number of unbranched alkanes of at least 4 members (excludes halogenated alkanes) is 4. The Morgan fingerprint density at radius 2 is 1.68 bits per heavy atom. The average molecular weight is 426 g/mol. The Labute approximate surface area is 186 Å². The molecule has 1 N–H and O–H groups in total. The third-order valence-corrected chi connectivity index (χ3v) is 5.32. The number of likely N-dealkylation sites (N-methyl/N-ethyl adjacent to an activating group) is 1. The maximum absolute atomic E-state index is 12.3. The molecule has 0 aromatic heterocycles. The van der Waals surface area contributed by atoms with E-state index in [-0.39, 0.29) is 17.1 Å². The largest absolute Gasteiger partial charge is 0.507 e. The Bertz CT molecular complexity index is 791. The van der Waals surface area contributed by atoms with Crippen LogP contribution in [0, 0.1) is 0 Å². The number of phenols is 1. The van der Waals surface area contributed by atoms with Crippen LogP contribution >= 0.6 is 0 Å². The first-order chi connectivity index (χ1) is 15.1. The molecule has 5 heteroatoms. The SMILES string of the molecule is CN(CCCCCCOCCCCc1ccccc1)CC(=O)c1ccc(O)c(C=O)c1. The lowest BCUT2D eigenvalue weighted by molar-refractivity contribution is 0.0945. The van der Waals surface area contributed by atoms with Crippen molar-refractivity contribution in [2.45, 2.75) is 44.9 Å². The zero-order valence-electron chi connectivity index (χ0n) is 18.6. The molecule has 2 aromatic rings. The molecule has 2 rings (SSSR count). The Morgan fingerprint density at radius 1 is 0.968 bits per heavy atom. The second-order valence-corrected chi connectivity index (χ2v) is 8.02.